The molecule has 48 heavy (non-hydrogen) atoms. The quantitative estimate of drug-likeness (QED) is 0.172. The summed E-state index contributed by atoms with van der Waals surface area (Å²) in [5, 5.41) is 0. The smallest absolute Gasteiger partial charge is 0.164 e. The van der Waals surface area contributed by atoms with E-state index in [-0.39, 0.29) is 29.8 Å². The van der Waals surface area contributed by atoms with Gasteiger partial charge in [0.15, 0.2) is 11.6 Å². The fourth-order valence-electron chi connectivity index (χ4n) is 9.28. The number of Topliss-reactive ketones (excluding diaryl/α,β-unsaturated/α-hetero) is 1. The van der Waals surface area contributed by atoms with Gasteiger partial charge in [0.2, 0.25) is 0 Å². The molecule has 0 bridgehead atoms. The van der Waals surface area contributed by atoms with Crippen LogP contribution in [0.3, 0.4) is 0 Å². The lowest BCUT2D eigenvalue weighted by molar-refractivity contribution is -0.149. The standard InChI is InChI=1S/C43H50O5/c1-28(26-46-43(31-16-10-7-11-17-31,32-18-12-8-13-19-32)33-20-14-9-15-21-33)35-24-37(44)42(5)25-36-30(27-45-6)22-23-34(36)29(2)39-40(38(35)42)48-41(3,4)47-39/h7-21,25,28-30,34,39-40H,22-24,26-27H2,1-6H3/t28-,29-,30-,34+,39-,40-,42+/m1/s1. The molecule has 4 aliphatic rings. The molecule has 7 atom stereocenters. The molecule has 1 saturated heterocycles. The summed E-state index contributed by atoms with van der Waals surface area (Å²) < 4.78 is 26.6. The molecule has 252 valence electrons. The van der Waals surface area contributed by atoms with Crippen molar-refractivity contribution in [1.29, 1.82) is 0 Å². The highest BCUT2D eigenvalue weighted by Gasteiger charge is 2.58. The summed E-state index contributed by atoms with van der Waals surface area (Å²) >= 11 is 0. The van der Waals surface area contributed by atoms with Crippen molar-refractivity contribution in [2.75, 3.05) is 20.3 Å². The first-order valence-corrected chi connectivity index (χ1v) is 17.7. The third-order valence-corrected chi connectivity index (χ3v) is 11.6. The maximum atomic E-state index is 14.4. The lowest BCUT2D eigenvalue weighted by Crippen LogP contribution is -2.42. The van der Waals surface area contributed by atoms with Gasteiger partial charge in [-0.15, -0.1) is 0 Å². The van der Waals surface area contributed by atoms with Crippen LogP contribution < -0.4 is 0 Å². The lowest BCUT2D eigenvalue weighted by Gasteiger charge is -2.39. The molecule has 0 unspecified atom stereocenters. The summed E-state index contributed by atoms with van der Waals surface area (Å²) in [4.78, 5) is 14.4. The highest BCUT2D eigenvalue weighted by molar-refractivity contribution is 5.96. The Bertz CT molecular complexity index is 1580. The molecule has 1 saturated carbocycles. The van der Waals surface area contributed by atoms with Crippen molar-refractivity contribution in [1.82, 2.24) is 0 Å². The molecule has 3 aliphatic carbocycles. The summed E-state index contributed by atoms with van der Waals surface area (Å²) in [5.74, 6) is 0.341. The van der Waals surface area contributed by atoms with Gasteiger partial charge in [0.05, 0.1) is 24.7 Å². The van der Waals surface area contributed by atoms with Gasteiger partial charge < -0.3 is 18.9 Å². The summed E-state index contributed by atoms with van der Waals surface area (Å²) in [5.41, 5.74) is 5.17. The fourth-order valence-corrected chi connectivity index (χ4v) is 9.28. The minimum Gasteiger partial charge on any atom is -0.384 e. The van der Waals surface area contributed by atoms with Gasteiger partial charge in [-0.05, 0) is 67.7 Å². The average molecular weight is 647 g/mol. The van der Waals surface area contributed by atoms with Gasteiger partial charge in [-0.1, -0.05) is 122 Å². The van der Waals surface area contributed by atoms with E-state index in [1.807, 2.05) is 32.0 Å². The van der Waals surface area contributed by atoms with E-state index >= 15 is 0 Å². The van der Waals surface area contributed by atoms with Gasteiger partial charge in [-0.3, -0.25) is 4.79 Å². The van der Waals surface area contributed by atoms with E-state index in [2.05, 4.69) is 99.6 Å². The van der Waals surface area contributed by atoms with Crippen LogP contribution in [0.15, 0.2) is 114 Å². The number of hydrogen-bond donors (Lipinski definition) is 0. The largest absolute Gasteiger partial charge is 0.384 e. The number of carbonyl (C=O) groups is 1. The molecule has 2 fully saturated rings. The Morgan fingerprint density at radius 2 is 1.42 bits per heavy atom. The molecular formula is C43H50O5. The van der Waals surface area contributed by atoms with Crippen LogP contribution >= 0.6 is 0 Å². The van der Waals surface area contributed by atoms with E-state index in [1.165, 1.54) is 5.57 Å². The maximum Gasteiger partial charge on any atom is 0.164 e. The Balaban J connectivity index is 1.34. The van der Waals surface area contributed by atoms with Crippen molar-refractivity contribution in [3.8, 4) is 0 Å². The van der Waals surface area contributed by atoms with Crippen LogP contribution in [0.4, 0.5) is 0 Å². The van der Waals surface area contributed by atoms with Crippen molar-refractivity contribution in [3.63, 3.8) is 0 Å². The number of allylic oxidation sites excluding steroid dienone is 1. The lowest BCUT2D eigenvalue weighted by atomic mass is 9.68. The molecule has 7 rings (SSSR count). The Labute approximate surface area is 286 Å². The molecular weight excluding hydrogens is 596 g/mol. The summed E-state index contributed by atoms with van der Waals surface area (Å²) in [7, 11) is 1.78. The predicted octanol–water partition coefficient (Wildman–Crippen LogP) is 8.68. The van der Waals surface area contributed by atoms with E-state index in [0.29, 0.717) is 31.5 Å². The summed E-state index contributed by atoms with van der Waals surface area (Å²) in [6.07, 6.45) is 4.42. The minimum absolute atomic E-state index is 0.0449. The molecule has 3 aromatic carbocycles. The van der Waals surface area contributed by atoms with Gasteiger partial charge in [0.25, 0.3) is 0 Å². The fraction of sp³-hybridized carbons (Fsp3) is 0.465. The molecule has 1 heterocycles. The van der Waals surface area contributed by atoms with Crippen LogP contribution in [0.5, 0.6) is 0 Å². The van der Waals surface area contributed by atoms with Crippen molar-refractivity contribution >= 4 is 5.78 Å². The van der Waals surface area contributed by atoms with E-state index in [1.54, 1.807) is 7.11 Å². The molecule has 1 aliphatic heterocycles. The van der Waals surface area contributed by atoms with E-state index < -0.39 is 16.8 Å². The van der Waals surface area contributed by atoms with Crippen LogP contribution in [-0.2, 0) is 29.3 Å². The average Bonchev–Trinajstić information content (AvgIpc) is 3.72. The van der Waals surface area contributed by atoms with Crippen LogP contribution in [0.1, 0.15) is 70.6 Å². The van der Waals surface area contributed by atoms with Crippen molar-refractivity contribution in [2.45, 2.75) is 77.5 Å². The van der Waals surface area contributed by atoms with Gasteiger partial charge in [0.1, 0.15) is 11.7 Å². The van der Waals surface area contributed by atoms with Gasteiger partial charge in [-0.25, -0.2) is 0 Å². The first-order chi connectivity index (χ1) is 23.1. The monoisotopic (exact) mass is 646 g/mol. The number of ketones is 1. The highest BCUT2D eigenvalue weighted by Crippen LogP contribution is 2.57. The number of fused-ring (bicyclic) bond motifs is 4. The Kier molecular flexibility index (Phi) is 8.87. The second-order valence-corrected chi connectivity index (χ2v) is 15.1. The second kappa shape index (κ2) is 12.8. The van der Waals surface area contributed by atoms with Crippen LogP contribution in [0.25, 0.3) is 0 Å². The normalized spacial score (nSPS) is 30.2. The SMILES string of the molecule is COC[C@H]1CC[C@@H]2C1=C[C@@]1(C)C(=O)CC([C@H](C)COC(c3ccccc3)(c3ccccc3)c3ccccc3)=C1[C@H]1OC(C)(C)O[C@@H]1[C@@H]2C. The molecule has 3 aromatic rings. The Morgan fingerprint density at radius 1 is 0.854 bits per heavy atom. The van der Waals surface area contributed by atoms with Gasteiger partial charge in [0, 0.05) is 25.4 Å². The molecule has 0 amide bonds. The van der Waals surface area contributed by atoms with Crippen LogP contribution in [-0.4, -0.2) is 44.1 Å². The number of ether oxygens (including phenoxy) is 4. The Morgan fingerprint density at radius 3 is 1.96 bits per heavy atom. The molecule has 5 nitrogen and oxygen atoms in total. The minimum atomic E-state index is -0.839. The number of benzene rings is 3. The predicted molar refractivity (Wildman–Crippen MR) is 188 cm³/mol. The van der Waals surface area contributed by atoms with E-state index in [9.17, 15) is 4.79 Å². The first-order valence-electron chi connectivity index (χ1n) is 17.7. The number of hydrogen-bond acceptors (Lipinski definition) is 5. The number of rotatable bonds is 9. The zero-order chi connectivity index (χ0) is 33.7. The Hall–Kier alpha value is -3.35. The maximum absolute atomic E-state index is 14.4. The molecule has 5 heteroatoms. The van der Waals surface area contributed by atoms with E-state index in [0.717, 1.165) is 40.7 Å². The summed E-state index contributed by atoms with van der Waals surface area (Å²) in [6, 6.07) is 31.5. The molecule has 0 radical (unpaired) electrons. The molecule has 0 spiro atoms. The van der Waals surface area contributed by atoms with Crippen molar-refractivity contribution < 1.29 is 23.7 Å². The van der Waals surface area contributed by atoms with Crippen molar-refractivity contribution in [2.24, 2.45) is 29.1 Å². The van der Waals surface area contributed by atoms with E-state index in [4.69, 9.17) is 18.9 Å². The third kappa shape index (κ3) is 5.53. The zero-order valence-corrected chi connectivity index (χ0v) is 29.3. The summed E-state index contributed by atoms with van der Waals surface area (Å²) in [6.45, 7) is 11.8. The number of carbonyl (C=O) groups excluding carboxylic acids is 1. The third-order valence-electron chi connectivity index (χ3n) is 11.6. The van der Waals surface area contributed by atoms with Gasteiger partial charge in [-0.2, -0.15) is 0 Å². The van der Waals surface area contributed by atoms with Crippen LogP contribution in [0, 0.1) is 29.1 Å². The van der Waals surface area contributed by atoms with Crippen molar-refractivity contribution in [3.05, 3.63) is 130 Å². The molecule has 0 N–H and O–H groups in total. The number of methoxy groups -OCH3 is 1. The second-order valence-electron chi connectivity index (χ2n) is 15.1. The first kappa shape index (κ1) is 33.2. The zero-order valence-electron chi connectivity index (χ0n) is 29.3. The highest BCUT2D eigenvalue weighted by atomic mass is 16.8. The topological polar surface area (TPSA) is 54.0 Å². The van der Waals surface area contributed by atoms with Crippen LogP contribution in [0.2, 0.25) is 0 Å². The molecule has 0 aromatic heterocycles. The van der Waals surface area contributed by atoms with Gasteiger partial charge >= 0.3 is 0 Å².